The summed E-state index contributed by atoms with van der Waals surface area (Å²) in [5, 5.41) is 19.6. The zero-order valence-corrected chi connectivity index (χ0v) is 10.6. The fraction of sp³-hybridized carbons (Fsp3) is 0.231. The molecule has 0 saturated heterocycles. The second-order valence-electron chi connectivity index (χ2n) is 3.58. The van der Waals surface area contributed by atoms with E-state index >= 15 is 0 Å². The standard InChI is InChI=1S/C13H11NO6/c1-2-20-12(15)5-3-4-9-6-7-11(14(18)19)10(8-9)13(16)17/h6-8H,2,5H2,1H3,(H,16,17). The molecular weight excluding hydrogens is 266 g/mol. The number of hydrogen-bond donors (Lipinski definition) is 1. The highest BCUT2D eigenvalue weighted by molar-refractivity contribution is 5.92. The molecule has 1 aromatic rings. The Balaban J connectivity index is 2.96. The summed E-state index contributed by atoms with van der Waals surface area (Å²) in [6.45, 7) is 1.92. The SMILES string of the molecule is CCOC(=O)CC#Cc1ccc([N+](=O)[O-])c(C(=O)O)c1. The Labute approximate surface area is 114 Å². The van der Waals surface area contributed by atoms with Crippen molar-refractivity contribution in [3.8, 4) is 11.8 Å². The van der Waals surface area contributed by atoms with Gasteiger partial charge in [0.1, 0.15) is 12.0 Å². The Morgan fingerprint density at radius 1 is 1.45 bits per heavy atom. The lowest BCUT2D eigenvalue weighted by atomic mass is 10.1. The smallest absolute Gasteiger partial charge is 0.342 e. The molecule has 104 valence electrons. The molecule has 20 heavy (non-hydrogen) atoms. The van der Waals surface area contributed by atoms with Crippen molar-refractivity contribution in [2.45, 2.75) is 13.3 Å². The molecule has 0 spiro atoms. The minimum Gasteiger partial charge on any atom is -0.477 e. The van der Waals surface area contributed by atoms with Gasteiger partial charge in [0.15, 0.2) is 0 Å². The van der Waals surface area contributed by atoms with Gasteiger partial charge in [-0.25, -0.2) is 4.79 Å². The second kappa shape index (κ2) is 6.89. The summed E-state index contributed by atoms with van der Waals surface area (Å²) in [4.78, 5) is 31.8. The van der Waals surface area contributed by atoms with Crippen molar-refractivity contribution < 1.29 is 24.4 Å². The van der Waals surface area contributed by atoms with Gasteiger partial charge < -0.3 is 9.84 Å². The van der Waals surface area contributed by atoms with Crippen molar-refractivity contribution in [3.05, 3.63) is 39.4 Å². The van der Waals surface area contributed by atoms with E-state index in [-0.39, 0.29) is 18.6 Å². The van der Waals surface area contributed by atoms with E-state index in [1.807, 2.05) is 0 Å². The van der Waals surface area contributed by atoms with Crippen molar-refractivity contribution in [1.82, 2.24) is 0 Å². The zero-order valence-electron chi connectivity index (χ0n) is 10.6. The fourth-order valence-electron chi connectivity index (χ4n) is 1.37. The number of carboxylic acid groups (broad SMARTS) is 1. The lowest BCUT2D eigenvalue weighted by Gasteiger charge is -1.98. The summed E-state index contributed by atoms with van der Waals surface area (Å²) >= 11 is 0. The number of aromatic carboxylic acids is 1. The van der Waals surface area contributed by atoms with Crippen molar-refractivity contribution >= 4 is 17.6 Å². The van der Waals surface area contributed by atoms with Gasteiger partial charge in [-0.05, 0) is 19.1 Å². The van der Waals surface area contributed by atoms with Crippen molar-refractivity contribution in [1.29, 1.82) is 0 Å². The molecule has 1 aromatic carbocycles. The molecule has 0 radical (unpaired) electrons. The Kier molecular flexibility index (Phi) is 5.23. The van der Waals surface area contributed by atoms with Crippen molar-refractivity contribution in [2.24, 2.45) is 0 Å². The third-order valence-corrected chi connectivity index (χ3v) is 2.19. The number of carbonyl (C=O) groups excluding carboxylic acids is 1. The molecule has 1 N–H and O–H groups in total. The van der Waals surface area contributed by atoms with E-state index < -0.39 is 28.1 Å². The first-order valence-corrected chi connectivity index (χ1v) is 5.62. The Hall–Kier alpha value is -2.88. The molecular formula is C13H11NO6. The quantitative estimate of drug-likeness (QED) is 0.387. The number of nitro benzene ring substituents is 1. The fourth-order valence-corrected chi connectivity index (χ4v) is 1.37. The summed E-state index contributed by atoms with van der Waals surface area (Å²) in [7, 11) is 0. The second-order valence-corrected chi connectivity index (χ2v) is 3.58. The van der Waals surface area contributed by atoms with Crippen LogP contribution >= 0.6 is 0 Å². The van der Waals surface area contributed by atoms with E-state index in [4.69, 9.17) is 5.11 Å². The molecule has 7 heteroatoms. The van der Waals surface area contributed by atoms with Crippen LogP contribution in [0.3, 0.4) is 0 Å². The Morgan fingerprint density at radius 3 is 2.70 bits per heavy atom. The number of ether oxygens (including phenoxy) is 1. The van der Waals surface area contributed by atoms with Crippen LogP contribution in [-0.2, 0) is 9.53 Å². The van der Waals surface area contributed by atoms with E-state index in [1.54, 1.807) is 6.92 Å². The Morgan fingerprint density at radius 2 is 2.15 bits per heavy atom. The minimum absolute atomic E-state index is 0.132. The third-order valence-electron chi connectivity index (χ3n) is 2.19. The number of hydrogen-bond acceptors (Lipinski definition) is 5. The molecule has 0 aliphatic heterocycles. The number of nitro groups is 1. The maximum Gasteiger partial charge on any atom is 0.342 e. The molecule has 7 nitrogen and oxygen atoms in total. The maximum atomic E-state index is 11.0. The van der Waals surface area contributed by atoms with Gasteiger partial charge in [0, 0.05) is 11.6 Å². The largest absolute Gasteiger partial charge is 0.477 e. The average molecular weight is 277 g/mol. The summed E-state index contributed by atoms with van der Waals surface area (Å²) in [6, 6.07) is 3.49. The number of carboxylic acids is 1. The molecule has 0 heterocycles. The van der Waals surface area contributed by atoms with Crippen LogP contribution in [0.5, 0.6) is 0 Å². The van der Waals surface area contributed by atoms with Crippen LogP contribution in [0.2, 0.25) is 0 Å². The van der Waals surface area contributed by atoms with Gasteiger partial charge in [-0.2, -0.15) is 0 Å². The van der Waals surface area contributed by atoms with Crippen molar-refractivity contribution in [3.63, 3.8) is 0 Å². The van der Waals surface area contributed by atoms with E-state index in [0.717, 1.165) is 12.1 Å². The number of esters is 1. The van der Waals surface area contributed by atoms with Crippen LogP contribution in [0.4, 0.5) is 5.69 Å². The van der Waals surface area contributed by atoms with E-state index in [2.05, 4.69) is 16.6 Å². The zero-order chi connectivity index (χ0) is 15.1. The van der Waals surface area contributed by atoms with Crippen LogP contribution in [0, 0.1) is 22.0 Å². The number of nitrogens with zero attached hydrogens (tertiary/aromatic N) is 1. The number of rotatable bonds is 4. The van der Waals surface area contributed by atoms with Gasteiger partial charge in [0.2, 0.25) is 0 Å². The van der Waals surface area contributed by atoms with Crippen LogP contribution in [-0.4, -0.2) is 28.6 Å². The van der Waals surface area contributed by atoms with Gasteiger partial charge in [-0.3, -0.25) is 14.9 Å². The summed E-state index contributed by atoms with van der Waals surface area (Å²) in [6.07, 6.45) is -0.132. The van der Waals surface area contributed by atoms with Crippen LogP contribution in [0.1, 0.15) is 29.3 Å². The predicted octanol–water partition coefficient (Wildman–Crippen LogP) is 1.60. The highest BCUT2D eigenvalue weighted by Crippen LogP contribution is 2.19. The number of benzene rings is 1. The van der Waals surface area contributed by atoms with Crippen LogP contribution < -0.4 is 0 Å². The van der Waals surface area contributed by atoms with Gasteiger partial charge >= 0.3 is 11.9 Å². The summed E-state index contributed by atoms with van der Waals surface area (Å²) in [5.41, 5.74) is -0.677. The van der Waals surface area contributed by atoms with Gasteiger partial charge in [0.25, 0.3) is 5.69 Å². The maximum absolute atomic E-state index is 11.0. The molecule has 0 atom stereocenters. The molecule has 1 rings (SSSR count). The lowest BCUT2D eigenvalue weighted by molar-refractivity contribution is -0.385. The molecule has 0 unspecified atom stereocenters. The first-order chi connectivity index (χ1) is 9.45. The minimum atomic E-state index is -1.41. The van der Waals surface area contributed by atoms with Crippen LogP contribution in [0.15, 0.2) is 18.2 Å². The first-order valence-electron chi connectivity index (χ1n) is 5.62. The monoisotopic (exact) mass is 277 g/mol. The number of carbonyl (C=O) groups is 2. The molecule has 0 amide bonds. The van der Waals surface area contributed by atoms with E-state index in [0.29, 0.717) is 0 Å². The summed E-state index contributed by atoms with van der Waals surface area (Å²) in [5.74, 6) is 3.18. The molecule has 0 bridgehead atoms. The Bertz CT molecular complexity index is 611. The molecule has 0 saturated carbocycles. The highest BCUT2D eigenvalue weighted by atomic mass is 16.6. The molecule has 0 aromatic heterocycles. The lowest BCUT2D eigenvalue weighted by Crippen LogP contribution is -2.03. The van der Waals surface area contributed by atoms with E-state index in [1.165, 1.54) is 6.07 Å². The van der Waals surface area contributed by atoms with Gasteiger partial charge in [-0.1, -0.05) is 11.8 Å². The first kappa shape index (κ1) is 15.2. The average Bonchev–Trinajstić information content (AvgIpc) is 2.38. The third kappa shape index (κ3) is 4.10. The normalized spacial score (nSPS) is 9.25. The van der Waals surface area contributed by atoms with E-state index in [9.17, 15) is 19.7 Å². The summed E-state index contributed by atoms with van der Waals surface area (Å²) < 4.78 is 4.67. The molecule has 0 fully saturated rings. The van der Waals surface area contributed by atoms with Gasteiger partial charge in [-0.15, -0.1) is 0 Å². The van der Waals surface area contributed by atoms with Gasteiger partial charge in [0.05, 0.1) is 11.5 Å². The van der Waals surface area contributed by atoms with Crippen molar-refractivity contribution in [2.75, 3.05) is 6.61 Å². The molecule has 0 aliphatic carbocycles. The topological polar surface area (TPSA) is 107 Å². The molecule has 0 aliphatic rings. The van der Waals surface area contributed by atoms with Crippen LogP contribution in [0.25, 0.3) is 0 Å². The highest BCUT2D eigenvalue weighted by Gasteiger charge is 2.19. The predicted molar refractivity (Wildman–Crippen MR) is 68.2 cm³/mol.